The van der Waals surface area contributed by atoms with Crippen LogP contribution in [0, 0.1) is 0 Å². The lowest BCUT2D eigenvalue weighted by atomic mass is 10.1. The van der Waals surface area contributed by atoms with E-state index in [4.69, 9.17) is 11.6 Å². The van der Waals surface area contributed by atoms with Crippen molar-refractivity contribution in [3.63, 3.8) is 0 Å². The fraction of sp³-hybridized carbons (Fsp3) is 0.333. The number of likely N-dealkylation sites (N-methyl/N-ethyl adjacent to an activating group) is 1. The maximum atomic E-state index is 13.2. The molecule has 3 aromatic rings. The van der Waals surface area contributed by atoms with E-state index < -0.39 is 17.6 Å². The molecule has 0 aliphatic carbocycles. The van der Waals surface area contributed by atoms with E-state index in [-0.39, 0.29) is 23.2 Å². The van der Waals surface area contributed by atoms with Crippen molar-refractivity contribution >= 4 is 40.6 Å². The number of fused-ring (bicyclic) bond motifs is 1. The molecule has 0 unspecified atom stereocenters. The Hall–Kier alpha value is -3.90. The van der Waals surface area contributed by atoms with Gasteiger partial charge < -0.3 is 25.3 Å². The molecule has 2 aliphatic rings. The smallest absolute Gasteiger partial charge is 0.365 e. The highest BCUT2D eigenvalue weighted by atomic mass is 35.5. The molecule has 40 heavy (non-hydrogen) atoms. The van der Waals surface area contributed by atoms with Crippen molar-refractivity contribution in [2.45, 2.75) is 12.7 Å². The predicted octanol–water partition coefficient (Wildman–Crippen LogP) is 4.22. The Morgan fingerprint density at radius 2 is 1.73 bits per heavy atom. The summed E-state index contributed by atoms with van der Waals surface area (Å²) in [7, 11) is 2.02. The molecule has 13 heteroatoms. The van der Waals surface area contributed by atoms with Gasteiger partial charge in [-0.15, -0.1) is 10.2 Å². The minimum absolute atomic E-state index is 0.0279. The fourth-order valence-electron chi connectivity index (χ4n) is 4.61. The van der Waals surface area contributed by atoms with Crippen LogP contribution < -0.4 is 15.5 Å². The van der Waals surface area contributed by atoms with E-state index in [1.54, 1.807) is 29.2 Å². The average molecular weight is 574 g/mol. The minimum Gasteiger partial charge on any atom is -0.365 e. The fourth-order valence-corrected chi connectivity index (χ4v) is 4.79. The number of alkyl halides is 3. The van der Waals surface area contributed by atoms with Gasteiger partial charge in [0.25, 0.3) is 11.8 Å². The molecule has 2 N–H and O–H groups in total. The highest BCUT2D eigenvalue weighted by molar-refractivity contribution is 6.31. The lowest BCUT2D eigenvalue weighted by Gasteiger charge is -2.32. The Balaban J connectivity index is 1.29. The van der Waals surface area contributed by atoms with Gasteiger partial charge >= 0.3 is 6.18 Å². The summed E-state index contributed by atoms with van der Waals surface area (Å²) >= 11 is 6.22. The topological polar surface area (TPSA) is 93.7 Å². The van der Waals surface area contributed by atoms with E-state index in [1.807, 2.05) is 11.9 Å². The number of benzene rings is 2. The van der Waals surface area contributed by atoms with Gasteiger partial charge in [-0.1, -0.05) is 11.6 Å². The van der Waals surface area contributed by atoms with Crippen LogP contribution in [0.3, 0.4) is 0 Å². The minimum atomic E-state index is -4.49. The quantitative estimate of drug-likeness (QED) is 0.472. The molecule has 3 heterocycles. The number of anilines is 3. The second kappa shape index (κ2) is 11.3. The van der Waals surface area contributed by atoms with Crippen LogP contribution in [0.25, 0.3) is 0 Å². The van der Waals surface area contributed by atoms with Gasteiger partial charge in [0.05, 0.1) is 11.3 Å². The third-order valence-electron chi connectivity index (χ3n) is 6.94. The molecule has 0 bridgehead atoms. The third kappa shape index (κ3) is 6.13. The van der Waals surface area contributed by atoms with Gasteiger partial charge in [-0.05, 0) is 61.1 Å². The number of piperazine rings is 1. The summed E-state index contributed by atoms with van der Waals surface area (Å²) in [4.78, 5) is 31.5. The zero-order valence-electron chi connectivity index (χ0n) is 21.6. The molecule has 2 aliphatic heterocycles. The Labute approximate surface area is 233 Å². The van der Waals surface area contributed by atoms with Crippen LogP contribution in [-0.2, 0) is 12.7 Å². The standard InChI is InChI=1S/C27H27ClF3N7O2/c1-36-10-12-37(13-11-36)26(40)17-2-5-20(6-3-17)33-25(39)22-15-23-24(35-34-22)32-8-9-38(23)16-18-14-19(27(29,30)31)4-7-21(18)28/h2-7,14-15H,8-13,16H2,1H3,(H,32,35)(H,33,39). The number of carbonyl (C=O) groups excluding carboxylic acids is 2. The first-order valence-electron chi connectivity index (χ1n) is 12.7. The summed E-state index contributed by atoms with van der Waals surface area (Å²) < 4.78 is 39.7. The number of nitrogens with one attached hydrogen (secondary N) is 2. The van der Waals surface area contributed by atoms with Crippen LogP contribution in [0.2, 0.25) is 5.02 Å². The van der Waals surface area contributed by atoms with Crippen molar-refractivity contribution in [3.8, 4) is 0 Å². The van der Waals surface area contributed by atoms with E-state index >= 15 is 0 Å². The van der Waals surface area contributed by atoms with Crippen LogP contribution in [0.15, 0.2) is 48.5 Å². The van der Waals surface area contributed by atoms with E-state index in [2.05, 4.69) is 25.7 Å². The summed E-state index contributed by atoms with van der Waals surface area (Å²) in [6.45, 7) is 4.00. The SMILES string of the molecule is CN1CCN(C(=O)c2ccc(NC(=O)c3cc4c(nn3)NCCN4Cc3cc(C(F)(F)F)ccc3Cl)cc2)CC1. The second-order valence-corrected chi connectivity index (χ2v) is 10.1. The zero-order valence-corrected chi connectivity index (χ0v) is 22.4. The Morgan fingerprint density at radius 1 is 1.00 bits per heavy atom. The molecule has 0 atom stereocenters. The number of aromatic nitrogens is 2. The zero-order chi connectivity index (χ0) is 28.4. The molecule has 1 saturated heterocycles. The third-order valence-corrected chi connectivity index (χ3v) is 7.30. The first kappa shape index (κ1) is 27.7. The molecular weight excluding hydrogens is 547 g/mol. The number of hydrogen-bond donors (Lipinski definition) is 2. The van der Waals surface area contributed by atoms with E-state index in [9.17, 15) is 22.8 Å². The van der Waals surface area contributed by atoms with E-state index in [0.717, 1.165) is 25.2 Å². The number of nitrogens with zero attached hydrogens (tertiary/aromatic N) is 5. The molecule has 0 spiro atoms. The summed E-state index contributed by atoms with van der Waals surface area (Å²) in [5.74, 6) is -0.159. The van der Waals surface area contributed by atoms with Crippen LogP contribution in [0.4, 0.5) is 30.4 Å². The molecule has 1 aromatic heterocycles. The van der Waals surface area contributed by atoms with Crippen LogP contribution >= 0.6 is 11.6 Å². The van der Waals surface area contributed by atoms with Crippen LogP contribution in [0.5, 0.6) is 0 Å². The van der Waals surface area contributed by atoms with Gasteiger partial charge in [-0.25, -0.2) is 0 Å². The Bertz CT molecular complexity index is 1410. The highest BCUT2D eigenvalue weighted by Crippen LogP contribution is 2.34. The van der Waals surface area contributed by atoms with E-state index in [1.165, 1.54) is 12.1 Å². The molecule has 2 aromatic carbocycles. The van der Waals surface area contributed by atoms with Crippen molar-refractivity contribution in [2.75, 3.05) is 61.8 Å². The Kier molecular flexibility index (Phi) is 7.81. The van der Waals surface area contributed by atoms with Gasteiger partial charge in [-0.2, -0.15) is 13.2 Å². The molecule has 0 radical (unpaired) electrons. The maximum Gasteiger partial charge on any atom is 0.416 e. The highest BCUT2D eigenvalue weighted by Gasteiger charge is 2.31. The van der Waals surface area contributed by atoms with Gasteiger partial charge in [0.2, 0.25) is 0 Å². The van der Waals surface area contributed by atoms with Crippen molar-refractivity contribution in [1.29, 1.82) is 0 Å². The number of amides is 2. The lowest BCUT2D eigenvalue weighted by Crippen LogP contribution is -2.47. The molecule has 5 rings (SSSR count). The first-order chi connectivity index (χ1) is 19.1. The molecule has 0 saturated carbocycles. The molecular formula is C27H27ClF3N7O2. The van der Waals surface area contributed by atoms with Crippen LogP contribution in [0.1, 0.15) is 32.0 Å². The largest absolute Gasteiger partial charge is 0.416 e. The molecule has 9 nitrogen and oxygen atoms in total. The summed E-state index contributed by atoms with van der Waals surface area (Å²) in [6, 6.07) is 11.4. The molecule has 210 valence electrons. The summed E-state index contributed by atoms with van der Waals surface area (Å²) in [6.07, 6.45) is -4.49. The molecule has 1 fully saturated rings. The van der Waals surface area contributed by atoms with Gasteiger partial charge in [-0.3, -0.25) is 9.59 Å². The summed E-state index contributed by atoms with van der Waals surface area (Å²) in [5.41, 5.74) is 1.08. The van der Waals surface area contributed by atoms with Crippen molar-refractivity contribution < 1.29 is 22.8 Å². The first-order valence-corrected chi connectivity index (χ1v) is 13.1. The Morgan fingerprint density at radius 3 is 2.42 bits per heavy atom. The van der Waals surface area contributed by atoms with Gasteiger partial charge in [0.15, 0.2) is 11.5 Å². The monoisotopic (exact) mass is 573 g/mol. The predicted molar refractivity (Wildman–Crippen MR) is 146 cm³/mol. The maximum absolute atomic E-state index is 13.2. The number of hydrogen-bond acceptors (Lipinski definition) is 7. The van der Waals surface area contributed by atoms with Crippen molar-refractivity contribution in [2.24, 2.45) is 0 Å². The van der Waals surface area contributed by atoms with Crippen molar-refractivity contribution in [1.82, 2.24) is 20.0 Å². The number of carbonyl (C=O) groups is 2. The average Bonchev–Trinajstić information content (AvgIpc) is 2.94. The lowest BCUT2D eigenvalue weighted by molar-refractivity contribution is -0.137. The second-order valence-electron chi connectivity index (χ2n) is 9.74. The normalized spacial score (nSPS) is 15.8. The number of rotatable bonds is 5. The summed E-state index contributed by atoms with van der Waals surface area (Å²) in [5, 5.41) is 14.2. The van der Waals surface area contributed by atoms with Gasteiger partial charge in [0, 0.05) is 62.1 Å². The van der Waals surface area contributed by atoms with Gasteiger partial charge in [0.1, 0.15) is 0 Å². The van der Waals surface area contributed by atoms with E-state index in [0.29, 0.717) is 54.5 Å². The van der Waals surface area contributed by atoms with Crippen LogP contribution in [-0.4, -0.2) is 78.1 Å². The number of halogens is 4. The molecule has 2 amide bonds. The van der Waals surface area contributed by atoms with Crippen molar-refractivity contribution in [3.05, 3.63) is 75.9 Å².